The predicted octanol–water partition coefficient (Wildman–Crippen LogP) is 6.12. The summed E-state index contributed by atoms with van der Waals surface area (Å²) in [6, 6.07) is 13.0. The van der Waals surface area contributed by atoms with Crippen molar-refractivity contribution in [1.29, 1.82) is 0 Å². The summed E-state index contributed by atoms with van der Waals surface area (Å²) in [7, 11) is 0. The molecule has 3 rings (SSSR count). The number of fused-ring (bicyclic) bond motifs is 1. The Bertz CT molecular complexity index is 829. The minimum atomic E-state index is -4.30. The molecule has 0 unspecified atom stereocenters. The Morgan fingerprint density at radius 1 is 0.909 bits per heavy atom. The van der Waals surface area contributed by atoms with E-state index in [9.17, 15) is 13.2 Å². The molecule has 0 spiro atoms. The Kier molecular flexibility index (Phi) is 3.83. The second-order valence-corrected chi connectivity index (χ2v) is 5.83. The molecular weight excluding hydrogens is 355 g/mol. The Hall–Kier alpha value is -2.01. The van der Waals surface area contributed by atoms with Crippen LogP contribution in [-0.4, -0.2) is 4.98 Å². The highest BCUT2D eigenvalue weighted by Crippen LogP contribution is 2.29. The fourth-order valence-corrected chi connectivity index (χ4v) is 2.54. The molecule has 1 nitrogen and oxygen atoms in total. The van der Waals surface area contributed by atoms with Gasteiger partial charge in [-0.15, -0.1) is 0 Å². The largest absolute Gasteiger partial charge is 0.416 e. The number of aromatic amines is 1. The summed E-state index contributed by atoms with van der Waals surface area (Å²) in [5, 5.41) is 1.08. The van der Waals surface area contributed by atoms with Gasteiger partial charge in [0.2, 0.25) is 0 Å². The Labute approximate surface area is 133 Å². The highest BCUT2D eigenvalue weighted by molar-refractivity contribution is 9.10. The van der Waals surface area contributed by atoms with E-state index in [2.05, 4.69) is 20.9 Å². The third kappa shape index (κ3) is 3.25. The second kappa shape index (κ2) is 5.65. The molecule has 22 heavy (non-hydrogen) atoms. The monoisotopic (exact) mass is 365 g/mol. The first-order valence-electron chi connectivity index (χ1n) is 6.55. The van der Waals surface area contributed by atoms with E-state index in [1.807, 2.05) is 30.3 Å². The lowest BCUT2D eigenvalue weighted by atomic mass is 10.1. The molecular formula is C17H11BrF3N. The maximum Gasteiger partial charge on any atom is 0.416 e. The molecule has 1 aromatic heterocycles. The van der Waals surface area contributed by atoms with Crippen LogP contribution in [0.25, 0.3) is 23.1 Å². The van der Waals surface area contributed by atoms with Crippen molar-refractivity contribution >= 4 is 39.0 Å². The van der Waals surface area contributed by atoms with Gasteiger partial charge in [0, 0.05) is 21.1 Å². The number of hydrogen-bond acceptors (Lipinski definition) is 0. The topological polar surface area (TPSA) is 15.8 Å². The van der Waals surface area contributed by atoms with Crippen molar-refractivity contribution in [2.45, 2.75) is 6.18 Å². The molecule has 0 amide bonds. The molecule has 0 aliphatic carbocycles. The lowest BCUT2D eigenvalue weighted by Gasteiger charge is -2.05. The van der Waals surface area contributed by atoms with Gasteiger partial charge in [0.15, 0.2) is 0 Å². The standard InChI is InChI=1S/C17H11BrF3N/c18-14-7-4-12-9-15(22-16(12)10-14)8-3-11-1-5-13(6-2-11)17(19,20)21/h1-10,22H. The smallest absolute Gasteiger partial charge is 0.355 e. The number of halogens is 4. The number of rotatable bonds is 2. The average molecular weight is 366 g/mol. The van der Waals surface area contributed by atoms with E-state index in [4.69, 9.17) is 0 Å². The zero-order valence-corrected chi connectivity index (χ0v) is 12.9. The quantitative estimate of drug-likeness (QED) is 0.563. The van der Waals surface area contributed by atoms with Crippen LogP contribution in [0.5, 0.6) is 0 Å². The van der Waals surface area contributed by atoms with Crippen molar-refractivity contribution in [2.75, 3.05) is 0 Å². The van der Waals surface area contributed by atoms with Crippen LogP contribution in [0.3, 0.4) is 0 Å². The van der Waals surface area contributed by atoms with E-state index < -0.39 is 11.7 Å². The average Bonchev–Trinajstić information content (AvgIpc) is 2.86. The summed E-state index contributed by atoms with van der Waals surface area (Å²) in [5.74, 6) is 0. The first-order chi connectivity index (χ1) is 10.4. The molecule has 112 valence electrons. The summed E-state index contributed by atoms with van der Waals surface area (Å²) in [6.07, 6.45) is -0.677. The number of nitrogens with one attached hydrogen (secondary N) is 1. The minimum absolute atomic E-state index is 0.639. The van der Waals surface area contributed by atoms with Gasteiger partial charge in [-0.1, -0.05) is 40.2 Å². The Morgan fingerprint density at radius 3 is 2.32 bits per heavy atom. The van der Waals surface area contributed by atoms with Gasteiger partial charge >= 0.3 is 6.18 Å². The van der Waals surface area contributed by atoms with Gasteiger partial charge < -0.3 is 4.98 Å². The van der Waals surface area contributed by atoms with Gasteiger partial charge in [-0.05, 0) is 42.0 Å². The van der Waals surface area contributed by atoms with Crippen LogP contribution in [0.1, 0.15) is 16.8 Å². The number of hydrogen-bond donors (Lipinski definition) is 1. The molecule has 0 fully saturated rings. The van der Waals surface area contributed by atoms with E-state index in [-0.39, 0.29) is 0 Å². The first kappa shape index (κ1) is 14.9. The SMILES string of the molecule is FC(F)(F)c1ccc(C=Cc2cc3ccc(Br)cc3[nH]2)cc1. The lowest BCUT2D eigenvalue weighted by Crippen LogP contribution is -2.03. The van der Waals surface area contributed by atoms with Crippen molar-refractivity contribution in [2.24, 2.45) is 0 Å². The normalized spacial score (nSPS) is 12.4. The third-order valence-corrected chi connectivity index (χ3v) is 3.79. The Balaban J connectivity index is 1.83. The molecule has 2 aromatic carbocycles. The summed E-state index contributed by atoms with van der Waals surface area (Å²) in [6.45, 7) is 0. The van der Waals surface area contributed by atoms with E-state index >= 15 is 0 Å². The van der Waals surface area contributed by atoms with Crippen LogP contribution in [0, 0.1) is 0 Å². The molecule has 1 heterocycles. The number of aromatic nitrogens is 1. The number of benzene rings is 2. The molecule has 5 heteroatoms. The van der Waals surface area contributed by atoms with Gasteiger partial charge in [-0.2, -0.15) is 13.2 Å². The summed E-state index contributed by atoms with van der Waals surface area (Å²) in [5.41, 5.74) is 1.97. The van der Waals surface area contributed by atoms with Gasteiger partial charge in [0.1, 0.15) is 0 Å². The molecule has 1 N–H and O–H groups in total. The highest BCUT2D eigenvalue weighted by atomic mass is 79.9. The lowest BCUT2D eigenvalue weighted by molar-refractivity contribution is -0.137. The van der Waals surface area contributed by atoms with E-state index in [0.717, 1.165) is 33.2 Å². The van der Waals surface area contributed by atoms with E-state index in [1.165, 1.54) is 12.1 Å². The van der Waals surface area contributed by atoms with Gasteiger partial charge in [-0.3, -0.25) is 0 Å². The molecule has 3 aromatic rings. The van der Waals surface area contributed by atoms with Crippen molar-refractivity contribution < 1.29 is 13.2 Å². The third-order valence-electron chi connectivity index (χ3n) is 3.30. The predicted molar refractivity (Wildman–Crippen MR) is 86.4 cm³/mol. The molecule has 0 bridgehead atoms. The van der Waals surface area contributed by atoms with Crippen LogP contribution in [0.15, 0.2) is 53.0 Å². The maximum absolute atomic E-state index is 12.5. The van der Waals surface area contributed by atoms with E-state index in [1.54, 1.807) is 6.08 Å². The molecule has 0 saturated heterocycles. The fourth-order valence-electron chi connectivity index (χ4n) is 2.18. The van der Waals surface area contributed by atoms with Crippen LogP contribution < -0.4 is 0 Å². The number of H-pyrrole nitrogens is 1. The van der Waals surface area contributed by atoms with Gasteiger partial charge in [-0.25, -0.2) is 0 Å². The van der Waals surface area contributed by atoms with Crippen LogP contribution in [0.4, 0.5) is 13.2 Å². The van der Waals surface area contributed by atoms with E-state index in [0.29, 0.717) is 5.56 Å². The van der Waals surface area contributed by atoms with Crippen LogP contribution >= 0.6 is 15.9 Å². The second-order valence-electron chi connectivity index (χ2n) is 4.91. The molecule has 0 aliphatic rings. The minimum Gasteiger partial charge on any atom is -0.355 e. The van der Waals surface area contributed by atoms with Crippen molar-refractivity contribution in [1.82, 2.24) is 4.98 Å². The highest BCUT2D eigenvalue weighted by Gasteiger charge is 2.29. The van der Waals surface area contributed by atoms with Gasteiger partial charge in [0.25, 0.3) is 0 Å². The molecule has 0 aliphatic heterocycles. The van der Waals surface area contributed by atoms with Crippen molar-refractivity contribution in [3.05, 3.63) is 69.8 Å². The summed E-state index contributed by atoms with van der Waals surface area (Å²) in [4.78, 5) is 3.25. The molecule has 0 atom stereocenters. The van der Waals surface area contributed by atoms with Gasteiger partial charge in [0.05, 0.1) is 5.56 Å². The van der Waals surface area contributed by atoms with Crippen LogP contribution in [-0.2, 0) is 6.18 Å². The maximum atomic E-state index is 12.5. The molecule has 0 radical (unpaired) electrons. The fraction of sp³-hybridized carbons (Fsp3) is 0.0588. The van der Waals surface area contributed by atoms with Crippen molar-refractivity contribution in [3.63, 3.8) is 0 Å². The summed E-state index contributed by atoms with van der Waals surface area (Å²) < 4.78 is 38.5. The summed E-state index contributed by atoms with van der Waals surface area (Å²) >= 11 is 3.41. The van der Waals surface area contributed by atoms with Crippen LogP contribution in [0.2, 0.25) is 0 Å². The zero-order chi connectivity index (χ0) is 15.7. The zero-order valence-electron chi connectivity index (χ0n) is 11.3. The first-order valence-corrected chi connectivity index (χ1v) is 7.35. The number of alkyl halides is 3. The molecule has 0 saturated carbocycles. The Morgan fingerprint density at radius 2 is 1.64 bits per heavy atom. The van der Waals surface area contributed by atoms with Crippen molar-refractivity contribution in [3.8, 4) is 0 Å².